The van der Waals surface area contributed by atoms with Gasteiger partial charge in [-0.15, -0.1) is 0 Å². The predicted molar refractivity (Wildman–Crippen MR) is 163 cm³/mol. The lowest BCUT2D eigenvalue weighted by Gasteiger charge is -2.38. The molecule has 0 aromatic heterocycles. The minimum absolute atomic E-state index is 0.0574. The van der Waals surface area contributed by atoms with E-state index in [9.17, 15) is 23.7 Å². The van der Waals surface area contributed by atoms with Gasteiger partial charge < -0.3 is 29.7 Å². The van der Waals surface area contributed by atoms with Crippen molar-refractivity contribution in [3.63, 3.8) is 0 Å². The summed E-state index contributed by atoms with van der Waals surface area (Å²) in [5, 5.41) is 30.0. The first-order valence-electron chi connectivity index (χ1n) is 14.0. The highest BCUT2D eigenvalue weighted by Crippen LogP contribution is 2.39. The number of hydrogen-bond donors (Lipinski definition) is 4. The zero-order chi connectivity index (χ0) is 30.4. The minimum Gasteiger partial charge on any atom is -0.508 e. The zero-order valence-corrected chi connectivity index (χ0v) is 24.6. The van der Waals surface area contributed by atoms with Gasteiger partial charge in [0, 0.05) is 30.8 Å². The topological polar surface area (TPSA) is 129 Å². The summed E-state index contributed by atoms with van der Waals surface area (Å²) in [7, 11) is -1.89. The van der Waals surface area contributed by atoms with Crippen LogP contribution >= 0.6 is 0 Å². The van der Waals surface area contributed by atoms with Gasteiger partial charge in [-0.3, -0.25) is 4.72 Å². The maximum absolute atomic E-state index is 12.9. The number of phenolic OH excluding ortho intramolecular Hbond substituents is 1. The smallest absolute Gasteiger partial charge is 0.261 e. The lowest BCUT2D eigenvalue weighted by Crippen LogP contribution is -2.39. The van der Waals surface area contributed by atoms with Crippen molar-refractivity contribution in [3.8, 4) is 5.75 Å². The number of aliphatic hydroxyl groups is 2. The number of ether oxygens (including phenoxy) is 2. The highest BCUT2D eigenvalue weighted by Gasteiger charge is 2.33. The summed E-state index contributed by atoms with van der Waals surface area (Å²) < 4.78 is 41.3. The molecular formula is C33H36N2O7S. The van der Waals surface area contributed by atoms with Gasteiger partial charge in [-0.2, -0.15) is 0 Å². The van der Waals surface area contributed by atoms with Crippen LogP contribution in [0.3, 0.4) is 0 Å². The SMILES string of the molecule is CN(C[C@@H]1C[C@H](c2ccc(CO)cc2)O[C@H](c2cccc(NS(=O)(=O)c3ccccc3)c2)O1)C[C@@H](O)c1cccc(O)c1. The first-order valence-corrected chi connectivity index (χ1v) is 15.5. The van der Waals surface area contributed by atoms with Crippen LogP contribution < -0.4 is 4.72 Å². The van der Waals surface area contributed by atoms with Crippen molar-refractivity contribution in [2.75, 3.05) is 24.9 Å². The van der Waals surface area contributed by atoms with Crippen LogP contribution in [0.25, 0.3) is 0 Å². The molecule has 1 aliphatic heterocycles. The molecule has 0 amide bonds. The summed E-state index contributed by atoms with van der Waals surface area (Å²) in [4.78, 5) is 2.13. The summed E-state index contributed by atoms with van der Waals surface area (Å²) in [5.41, 5.74) is 3.37. The summed E-state index contributed by atoms with van der Waals surface area (Å²) in [5.74, 6) is 0.0955. The van der Waals surface area contributed by atoms with E-state index in [1.165, 1.54) is 12.1 Å². The summed E-state index contributed by atoms with van der Waals surface area (Å²) >= 11 is 0. The van der Waals surface area contributed by atoms with E-state index >= 15 is 0 Å². The molecule has 0 aliphatic carbocycles. The fraction of sp³-hybridized carbons (Fsp3) is 0.273. The number of phenols is 1. The third-order valence-corrected chi connectivity index (χ3v) is 8.73. The second-order valence-corrected chi connectivity index (χ2v) is 12.4. The van der Waals surface area contributed by atoms with Crippen LogP contribution in [0.1, 0.15) is 47.2 Å². The number of nitrogens with one attached hydrogen (secondary N) is 1. The van der Waals surface area contributed by atoms with Gasteiger partial charge in [0.1, 0.15) is 5.75 Å². The molecule has 0 saturated carbocycles. The number of benzene rings is 4. The summed E-state index contributed by atoms with van der Waals surface area (Å²) in [6.07, 6.45) is -1.66. The number of aliphatic hydroxyl groups excluding tert-OH is 2. The van der Waals surface area contributed by atoms with E-state index in [4.69, 9.17) is 9.47 Å². The second-order valence-electron chi connectivity index (χ2n) is 10.7. The standard InChI is InChI=1S/C33H36N2O7S/c1-35(21-31(38)25-7-6-10-28(37)18-25)20-29-19-32(24-15-13-23(22-36)14-16-24)42-33(41-29)26-8-5-9-27(17-26)34-43(39,40)30-11-3-2-4-12-30/h2-18,29,31-34,36-38H,19-22H2,1H3/t29-,31+,32+,33+/m0/s1. The molecule has 43 heavy (non-hydrogen) atoms. The molecule has 0 spiro atoms. The highest BCUT2D eigenvalue weighted by atomic mass is 32.2. The molecule has 0 unspecified atom stereocenters. The van der Waals surface area contributed by atoms with Crippen LogP contribution in [0, 0.1) is 0 Å². The average Bonchev–Trinajstić information content (AvgIpc) is 3.01. The first-order chi connectivity index (χ1) is 20.7. The Morgan fingerprint density at radius 1 is 0.907 bits per heavy atom. The van der Waals surface area contributed by atoms with E-state index < -0.39 is 22.4 Å². The largest absolute Gasteiger partial charge is 0.508 e. The van der Waals surface area contributed by atoms with Crippen molar-refractivity contribution in [1.82, 2.24) is 4.90 Å². The molecule has 1 heterocycles. The van der Waals surface area contributed by atoms with Gasteiger partial charge in [-0.05, 0) is 60.1 Å². The van der Waals surface area contributed by atoms with Crippen LogP contribution in [0.5, 0.6) is 5.75 Å². The van der Waals surface area contributed by atoms with Gasteiger partial charge in [0.05, 0.1) is 29.8 Å². The van der Waals surface area contributed by atoms with Crippen LogP contribution in [-0.4, -0.2) is 54.9 Å². The van der Waals surface area contributed by atoms with E-state index in [0.717, 1.165) is 11.1 Å². The third-order valence-electron chi connectivity index (χ3n) is 7.33. The van der Waals surface area contributed by atoms with Gasteiger partial charge in [0.15, 0.2) is 6.29 Å². The lowest BCUT2D eigenvalue weighted by atomic mass is 9.99. The van der Waals surface area contributed by atoms with Gasteiger partial charge in [0.2, 0.25) is 0 Å². The van der Waals surface area contributed by atoms with Gasteiger partial charge in [0.25, 0.3) is 10.0 Å². The molecule has 5 rings (SSSR count). The normalized spacial score (nSPS) is 19.7. The van der Waals surface area contributed by atoms with E-state index in [1.54, 1.807) is 60.7 Å². The van der Waals surface area contributed by atoms with Crippen molar-refractivity contribution in [2.45, 2.75) is 42.5 Å². The van der Waals surface area contributed by atoms with Crippen molar-refractivity contribution < 1.29 is 33.2 Å². The summed E-state index contributed by atoms with van der Waals surface area (Å²) in [6, 6.07) is 29.2. The number of sulfonamides is 1. The molecular weight excluding hydrogens is 568 g/mol. The molecule has 4 atom stereocenters. The quantitative estimate of drug-likeness (QED) is 0.190. The van der Waals surface area contributed by atoms with Crippen molar-refractivity contribution in [3.05, 3.63) is 125 Å². The second kappa shape index (κ2) is 13.7. The zero-order valence-electron chi connectivity index (χ0n) is 23.8. The Morgan fingerprint density at radius 3 is 2.37 bits per heavy atom. The Labute approximate surface area is 252 Å². The number of rotatable bonds is 11. The molecule has 1 fully saturated rings. The molecule has 1 aliphatic rings. The lowest BCUT2D eigenvalue weighted by molar-refractivity contribution is -0.252. The molecule has 9 nitrogen and oxygen atoms in total. The van der Waals surface area contributed by atoms with E-state index in [1.807, 2.05) is 42.3 Å². The maximum atomic E-state index is 12.9. The van der Waals surface area contributed by atoms with Crippen LogP contribution in [0.15, 0.2) is 108 Å². The van der Waals surface area contributed by atoms with Crippen LogP contribution in [-0.2, 0) is 26.1 Å². The molecule has 0 radical (unpaired) electrons. The van der Waals surface area contributed by atoms with Crippen molar-refractivity contribution >= 4 is 15.7 Å². The third kappa shape index (κ3) is 7.99. The molecule has 10 heteroatoms. The van der Waals surface area contributed by atoms with Crippen molar-refractivity contribution in [1.29, 1.82) is 0 Å². The first kappa shape index (κ1) is 30.7. The monoisotopic (exact) mass is 604 g/mol. The maximum Gasteiger partial charge on any atom is 0.261 e. The molecule has 1 saturated heterocycles. The number of hydrogen-bond acceptors (Lipinski definition) is 8. The number of aromatic hydroxyl groups is 1. The van der Waals surface area contributed by atoms with Gasteiger partial charge in [-0.1, -0.05) is 66.7 Å². The molecule has 4 N–H and O–H groups in total. The highest BCUT2D eigenvalue weighted by molar-refractivity contribution is 7.92. The van der Waals surface area contributed by atoms with E-state index in [2.05, 4.69) is 4.72 Å². The molecule has 226 valence electrons. The van der Waals surface area contributed by atoms with Crippen LogP contribution in [0.2, 0.25) is 0 Å². The van der Waals surface area contributed by atoms with Gasteiger partial charge in [-0.25, -0.2) is 8.42 Å². The average molecular weight is 605 g/mol. The molecule has 4 aromatic rings. The Hall–Kier alpha value is -3.77. The number of nitrogens with zero attached hydrogens (tertiary/aromatic N) is 1. The van der Waals surface area contributed by atoms with Crippen molar-refractivity contribution in [2.24, 2.45) is 0 Å². The Morgan fingerprint density at radius 2 is 1.65 bits per heavy atom. The number of likely N-dealkylation sites (N-methyl/N-ethyl adjacent to an activating group) is 1. The Bertz CT molecular complexity index is 1600. The fourth-order valence-electron chi connectivity index (χ4n) is 5.15. The van der Waals surface area contributed by atoms with E-state index in [-0.39, 0.29) is 29.5 Å². The number of anilines is 1. The van der Waals surface area contributed by atoms with Crippen LogP contribution in [0.4, 0.5) is 5.69 Å². The van der Waals surface area contributed by atoms with E-state index in [0.29, 0.717) is 36.3 Å². The Balaban J connectivity index is 1.35. The molecule has 4 aromatic carbocycles. The molecule has 0 bridgehead atoms. The Kier molecular flexibility index (Phi) is 9.76. The summed E-state index contributed by atoms with van der Waals surface area (Å²) in [6.45, 7) is 0.751. The predicted octanol–water partition coefficient (Wildman–Crippen LogP) is 4.90. The fourth-order valence-corrected chi connectivity index (χ4v) is 6.22. The van der Waals surface area contributed by atoms with Gasteiger partial charge >= 0.3 is 0 Å². The minimum atomic E-state index is -3.78.